The molecule has 0 aliphatic heterocycles. The van der Waals surface area contributed by atoms with Crippen molar-refractivity contribution in [1.82, 2.24) is 5.32 Å². The molecule has 0 aliphatic carbocycles. The molecule has 2 rings (SSSR count). The maximum Gasteiger partial charge on any atom is 0.165 e. The monoisotopic (exact) mass is 329 g/mol. The van der Waals surface area contributed by atoms with Crippen LogP contribution in [0.1, 0.15) is 17.2 Å². The average molecular weight is 330 g/mol. The number of hydrogen-bond acceptors (Lipinski definition) is 3. The van der Waals surface area contributed by atoms with Gasteiger partial charge >= 0.3 is 0 Å². The zero-order chi connectivity index (χ0) is 13.1. The maximum atomic E-state index is 13.4. The van der Waals surface area contributed by atoms with Gasteiger partial charge in [-0.25, -0.2) is 4.39 Å². The average Bonchev–Trinajstić information content (AvgIpc) is 2.79. The molecule has 2 aromatic rings. The molecule has 1 unspecified atom stereocenters. The lowest BCUT2D eigenvalue weighted by atomic mass is 10.0. The van der Waals surface area contributed by atoms with Gasteiger partial charge in [-0.15, -0.1) is 0 Å². The van der Waals surface area contributed by atoms with Crippen molar-refractivity contribution in [3.8, 4) is 5.75 Å². The van der Waals surface area contributed by atoms with Crippen LogP contribution in [0.25, 0.3) is 0 Å². The number of halogens is 2. The second-order valence-electron chi connectivity index (χ2n) is 3.79. The molecule has 0 amide bonds. The van der Waals surface area contributed by atoms with Crippen molar-refractivity contribution in [3.05, 3.63) is 50.4 Å². The van der Waals surface area contributed by atoms with Crippen LogP contribution >= 0.6 is 27.3 Å². The van der Waals surface area contributed by atoms with Gasteiger partial charge in [-0.2, -0.15) is 11.3 Å². The van der Waals surface area contributed by atoms with Crippen LogP contribution in [0.4, 0.5) is 4.39 Å². The SMILES string of the molecule is CNC(c1ccc(F)c(OC)c1)c1cscc1Br. The van der Waals surface area contributed by atoms with Crippen LogP contribution in [0.2, 0.25) is 0 Å². The van der Waals surface area contributed by atoms with Gasteiger partial charge in [0.25, 0.3) is 0 Å². The van der Waals surface area contributed by atoms with Crippen LogP contribution in [0.5, 0.6) is 5.75 Å². The van der Waals surface area contributed by atoms with Crippen LogP contribution in [0, 0.1) is 5.82 Å². The first-order valence-corrected chi connectivity index (χ1v) is 7.13. The van der Waals surface area contributed by atoms with E-state index in [1.165, 1.54) is 13.2 Å². The van der Waals surface area contributed by atoms with Crippen LogP contribution in [0.3, 0.4) is 0 Å². The van der Waals surface area contributed by atoms with E-state index < -0.39 is 0 Å². The lowest BCUT2D eigenvalue weighted by molar-refractivity contribution is 0.385. The van der Waals surface area contributed by atoms with Crippen LogP contribution in [-0.4, -0.2) is 14.2 Å². The Balaban J connectivity index is 2.42. The van der Waals surface area contributed by atoms with E-state index in [-0.39, 0.29) is 17.6 Å². The molecule has 0 saturated heterocycles. The molecule has 0 aliphatic rings. The number of benzene rings is 1. The molecule has 1 atom stereocenters. The minimum absolute atomic E-state index is 0.0140. The highest BCUT2D eigenvalue weighted by atomic mass is 79.9. The van der Waals surface area contributed by atoms with Crippen LogP contribution < -0.4 is 10.1 Å². The van der Waals surface area contributed by atoms with Gasteiger partial charge in [0.05, 0.1) is 13.2 Å². The quantitative estimate of drug-likeness (QED) is 0.916. The molecular formula is C13H13BrFNOS. The van der Waals surface area contributed by atoms with Crippen LogP contribution in [-0.2, 0) is 0 Å². The smallest absolute Gasteiger partial charge is 0.165 e. The Bertz CT molecular complexity index is 544. The highest BCUT2D eigenvalue weighted by Crippen LogP contribution is 2.33. The van der Waals surface area contributed by atoms with Crippen LogP contribution in [0.15, 0.2) is 33.4 Å². The molecule has 18 heavy (non-hydrogen) atoms. The minimum Gasteiger partial charge on any atom is -0.494 e. The molecule has 1 N–H and O–H groups in total. The molecule has 1 heterocycles. The zero-order valence-corrected chi connectivity index (χ0v) is 12.4. The van der Waals surface area contributed by atoms with Gasteiger partial charge < -0.3 is 10.1 Å². The van der Waals surface area contributed by atoms with E-state index in [1.54, 1.807) is 23.5 Å². The molecule has 1 aromatic carbocycles. The third-order valence-electron chi connectivity index (χ3n) is 2.75. The molecule has 0 bridgehead atoms. The predicted molar refractivity (Wildman–Crippen MR) is 75.9 cm³/mol. The molecule has 5 heteroatoms. The van der Waals surface area contributed by atoms with E-state index in [2.05, 4.69) is 26.6 Å². The van der Waals surface area contributed by atoms with E-state index in [0.717, 1.165) is 15.6 Å². The van der Waals surface area contributed by atoms with Crippen molar-refractivity contribution in [2.45, 2.75) is 6.04 Å². The van der Waals surface area contributed by atoms with Gasteiger partial charge in [0, 0.05) is 9.85 Å². The van der Waals surface area contributed by atoms with Crippen molar-refractivity contribution >= 4 is 27.3 Å². The third-order valence-corrected chi connectivity index (χ3v) is 4.50. The summed E-state index contributed by atoms with van der Waals surface area (Å²) in [5.74, 6) is -0.0837. The summed E-state index contributed by atoms with van der Waals surface area (Å²) < 4.78 is 19.5. The Kier molecular flexibility index (Phi) is 4.37. The maximum absolute atomic E-state index is 13.4. The fraction of sp³-hybridized carbons (Fsp3) is 0.231. The molecule has 0 spiro atoms. The van der Waals surface area contributed by atoms with Crippen molar-refractivity contribution in [2.75, 3.05) is 14.2 Å². The van der Waals surface area contributed by atoms with Gasteiger partial charge in [-0.3, -0.25) is 0 Å². The van der Waals surface area contributed by atoms with E-state index in [4.69, 9.17) is 4.74 Å². The first-order chi connectivity index (χ1) is 8.67. The van der Waals surface area contributed by atoms with Gasteiger partial charge in [0.2, 0.25) is 0 Å². The Morgan fingerprint density at radius 1 is 1.39 bits per heavy atom. The Morgan fingerprint density at radius 3 is 2.72 bits per heavy atom. The van der Waals surface area contributed by atoms with Gasteiger partial charge in [-0.05, 0) is 51.6 Å². The lowest BCUT2D eigenvalue weighted by Crippen LogP contribution is -2.17. The second-order valence-corrected chi connectivity index (χ2v) is 5.39. The normalized spacial score (nSPS) is 12.4. The molecule has 96 valence electrons. The Labute approximate surface area is 118 Å². The number of rotatable bonds is 4. The standard InChI is InChI=1S/C13H13BrFNOS/c1-16-13(9-6-18-7-10(9)14)8-3-4-11(15)12(5-8)17-2/h3-7,13,16H,1-2H3. The van der Waals surface area contributed by atoms with E-state index in [1.807, 2.05) is 12.4 Å². The summed E-state index contributed by atoms with van der Waals surface area (Å²) in [5, 5.41) is 7.33. The largest absolute Gasteiger partial charge is 0.494 e. The summed E-state index contributed by atoms with van der Waals surface area (Å²) in [6.07, 6.45) is 0. The fourth-order valence-corrected chi connectivity index (χ4v) is 3.41. The van der Waals surface area contributed by atoms with Gasteiger partial charge in [0.15, 0.2) is 11.6 Å². The first-order valence-electron chi connectivity index (χ1n) is 5.39. The number of methoxy groups -OCH3 is 1. The van der Waals surface area contributed by atoms with Crippen molar-refractivity contribution < 1.29 is 9.13 Å². The molecule has 0 fully saturated rings. The lowest BCUT2D eigenvalue weighted by Gasteiger charge is -2.17. The number of nitrogens with one attached hydrogen (secondary N) is 1. The van der Waals surface area contributed by atoms with Crippen molar-refractivity contribution in [1.29, 1.82) is 0 Å². The predicted octanol–water partition coefficient (Wildman–Crippen LogP) is 3.97. The first kappa shape index (κ1) is 13.5. The zero-order valence-electron chi connectivity index (χ0n) is 10.0. The summed E-state index contributed by atoms with van der Waals surface area (Å²) in [7, 11) is 3.35. The summed E-state index contributed by atoms with van der Waals surface area (Å²) in [6, 6.07) is 4.93. The third kappa shape index (κ3) is 2.58. The summed E-state index contributed by atoms with van der Waals surface area (Å²) in [5.41, 5.74) is 2.10. The number of ether oxygens (including phenoxy) is 1. The minimum atomic E-state index is -0.347. The molecule has 0 radical (unpaired) electrons. The Hall–Kier alpha value is -0.910. The summed E-state index contributed by atoms with van der Waals surface area (Å²) in [6.45, 7) is 0. The molecule has 1 aromatic heterocycles. The fourth-order valence-electron chi connectivity index (χ4n) is 1.85. The number of thiophene rings is 1. The van der Waals surface area contributed by atoms with Gasteiger partial charge in [0.1, 0.15) is 0 Å². The topological polar surface area (TPSA) is 21.3 Å². The van der Waals surface area contributed by atoms with Crippen molar-refractivity contribution in [3.63, 3.8) is 0 Å². The van der Waals surface area contributed by atoms with Gasteiger partial charge in [-0.1, -0.05) is 6.07 Å². The summed E-state index contributed by atoms with van der Waals surface area (Å²) >= 11 is 5.15. The van der Waals surface area contributed by atoms with Crippen molar-refractivity contribution in [2.24, 2.45) is 0 Å². The van der Waals surface area contributed by atoms with E-state index in [0.29, 0.717) is 0 Å². The highest BCUT2D eigenvalue weighted by Gasteiger charge is 2.17. The molecule has 2 nitrogen and oxygen atoms in total. The van der Waals surface area contributed by atoms with E-state index in [9.17, 15) is 4.39 Å². The molecule has 0 saturated carbocycles. The number of hydrogen-bond donors (Lipinski definition) is 1. The Morgan fingerprint density at radius 2 is 2.17 bits per heavy atom. The van der Waals surface area contributed by atoms with E-state index >= 15 is 0 Å². The second kappa shape index (κ2) is 5.82. The highest BCUT2D eigenvalue weighted by molar-refractivity contribution is 9.10. The molecular weight excluding hydrogens is 317 g/mol. The summed E-state index contributed by atoms with van der Waals surface area (Å²) in [4.78, 5) is 0.